The highest BCUT2D eigenvalue weighted by atomic mass is 35.5. The number of pyridine rings is 1. The third-order valence-corrected chi connectivity index (χ3v) is 4.72. The Hall–Kier alpha value is -1.33. The highest BCUT2D eigenvalue weighted by Crippen LogP contribution is 2.52. The summed E-state index contributed by atoms with van der Waals surface area (Å²) in [6.07, 6.45) is 9.08. The fraction of sp³-hybridized carbons (Fsp3) is 0.529. The Morgan fingerprint density at radius 1 is 1.35 bits per heavy atom. The molecular weight excluding hydrogens is 268 g/mol. The second-order valence-electron chi connectivity index (χ2n) is 6.12. The molecule has 0 radical (unpaired) electrons. The van der Waals surface area contributed by atoms with Gasteiger partial charge in [0, 0.05) is 22.8 Å². The van der Waals surface area contributed by atoms with E-state index in [1.165, 1.54) is 12.8 Å². The quantitative estimate of drug-likeness (QED) is 0.717. The summed E-state index contributed by atoms with van der Waals surface area (Å²) in [6.45, 7) is 4.45. The summed E-state index contributed by atoms with van der Waals surface area (Å²) in [5, 5.41) is 10.3. The van der Waals surface area contributed by atoms with Crippen LogP contribution in [0.15, 0.2) is 29.6 Å². The van der Waals surface area contributed by atoms with Crippen molar-refractivity contribution in [2.24, 2.45) is 11.3 Å². The first-order chi connectivity index (χ1) is 9.59. The molecule has 106 valence electrons. The molecule has 1 aromatic rings. The van der Waals surface area contributed by atoms with Gasteiger partial charge in [0.2, 0.25) is 0 Å². The second kappa shape index (κ2) is 6.41. The van der Waals surface area contributed by atoms with Crippen molar-refractivity contribution in [3.05, 3.63) is 35.1 Å². The van der Waals surface area contributed by atoms with Crippen molar-refractivity contribution in [1.29, 1.82) is 5.26 Å². The SMILES string of the molecule is CC(C)CC1(/C(Cl)=C(/C#N)c2ccncc2)CCCC1. The number of hydrogen-bond donors (Lipinski definition) is 0. The van der Waals surface area contributed by atoms with Gasteiger partial charge >= 0.3 is 0 Å². The molecule has 1 aliphatic carbocycles. The first kappa shape index (κ1) is 15.1. The first-order valence-electron chi connectivity index (χ1n) is 7.30. The Morgan fingerprint density at radius 2 is 1.95 bits per heavy atom. The summed E-state index contributed by atoms with van der Waals surface area (Å²) in [5.74, 6) is 0.583. The van der Waals surface area contributed by atoms with Gasteiger partial charge in [0.15, 0.2) is 0 Å². The van der Waals surface area contributed by atoms with E-state index in [-0.39, 0.29) is 5.41 Å². The van der Waals surface area contributed by atoms with E-state index in [4.69, 9.17) is 11.6 Å². The molecule has 2 nitrogen and oxygen atoms in total. The van der Waals surface area contributed by atoms with Crippen molar-refractivity contribution in [2.45, 2.75) is 46.0 Å². The highest BCUT2D eigenvalue weighted by Gasteiger charge is 2.39. The van der Waals surface area contributed by atoms with Crippen molar-refractivity contribution in [2.75, 3.05) is 0 Å². The minimum absolute atomic E-state index is 0.00402. The zero-order valence-corrected chi connectivity index (χ0v) is 13.0. The topological polar surface area (TPSA) is 36.7 Å². The lowest BCUT2D eigenvalue weighted by Gasteiger charge is -2.31. The molecule has 1 aliphatic rings. The zero-order chi connectivity index (χ0) is 14.6. The molecule has 2 rings (SSSR count). The fourth-order valence-electron chi connectivity index (χ4n) is 3.37. The second-order valence-corrected chi connectivity index (χ2v) is 6.50. The van der Waals surface area contributed by atoms with Crippen molar-refractivity contribution in [3.63, 3.8) is 0 Å². The van der Waals surface area contributed by atoms with Crippen LogP contribution in [0.25, 0.3) is 5.57 Å². The minimum atomic E-state index is 0.00402. The van der Waals surface area contributed by atoms with Crippen LogP contribution in [0.1, 0.15) is 51.5 Å². The van der Waals surface area contributed by atoms with Gasteiger partial charge in [0.25, 0.3) is 0 Å². The summed E-state index contributed by atoms with van der Waals surface area (Å²) in [4.78, 5) is 4.01. The largest absolute Gasteiger partial charge is 0.265 e. The van der Waals surface area contributed by atoms with E-state index in [1.54, 1.807) is 12.4 Å². The molecule has 1 saturated carbocycles. The number of aromatic nitrogens is 1. The summed E-state index contributed by atoms with van der Waals surface area (Å²) in [5.41, 5.74) is 1.50. The number of nitrogens with zero attached hydrogens (tertiary/aromatic N) is 2. The average Bonchev–Trinajstić information content (AvgIpc) is 2.89. The predicted molar refractivity (Wildman–Crippen MR) is 83.0 cm³/mol. The van der Waals surface area contributed by atoms with Crippen molar-refractivity contribution in [1.82, 2.24) is 4.98 Å². The number of nitriles is 1. The third-order valence-electron chi connectivity index (χ3n) is 4.13. The Kier molecular flexibility index (Phi) is 4.83. The van der Waals surface area contributed by atoms with Crippen molar-refractivity contribution >= 4 is 17.2 Å². The molecule has 1 heterocycles. The van der Waals surface area contributed by atoms with Crippen LogP contribution in [-0.2, 0) is 0 Å². The maximum atomic E-state index is 9.55. The molecule has 20 heavy (non-hydrogen) atoms. The molecule has 0 unspecified atom stereocenters. The van der Waals surface area contributed by atoms with Gasteiger partial charge in [0.05, 0.1) is 5.57 Å². The smallest absolute Gasteiger partial charge is 0.101 e. The Morgan fingerprint density at radius 3 is 2.45 bits per heavy atom. The summed E-state index contributed by atoms with van der Waals surface area (Å²) in [6, 6.07) is 6.03. The van der Waals surface area contributed by atoms with Crippen LogP contribution in [0, 0.1) is 22.7 Å². The first-order valence-corrected chi connectivity index (χ1v) is 7.67. The Balaban J connectivity index is 2.46. The zero-order valence-electron chi connectivity index (χ0n) is 12.2. The van der Waals surface area contributed by atoms with Gasteiger partial charge in [-0.3, -0.25) is 4.98 Å². The normalized spacial score (nSPS) is 18.8. The predicted octanol–water partition coefficient (Wildman–Crippen LogP) is 5.16. The lowest BCUT2D eigenvalue weighted by molar-refractivity contribution is 0.304. The molecule has 0 aliphatic heterocycles. The number of rotatable bonds is 4. The molecular formula is C17H21ClN2. The van der Waals surface area contributed by atoms with E-state index in [0.29, 0.717) is 11.5 Å². The molecule has 0 spiro atoms. The molecule has 0 bridgehead atoms. The maximum Gasteiger partial charge on any atom is 0.101 e. The van der Waals surface area contributed by atoms with Gasteiger partial charge in [-0.2, -0.15) is 5.26 Å². The van der Waals surface area contributed by atoms with Crippen LogP contribution in [-0.4, -0.2) is 4.98 Å². The van der Waals surface area contributed by atoms with E-state index in [1.807, 2.05) is 12.1 Å². The molecule has 0 N–H and O–H groups in total. The van der Waals surface area contributed by atoms with Crippen LogP contribution in [0.4, 0.5) is 0 Å². The van der Waals surface area contributed by atoms with E-state index in [2.05, 4.69) is 24.9 Å². The summed E-state index contributed by atoms with van der Waals surface area (Å²) in [7, 11) is 0. The van der Waals surface area contributed by atoms with Gasteiger partial charge in [-0.25, -0.2) is 0 Å². The maximum absolute atomic E-state index is 9.55. The van der Waals surface area contributed by atoms with Gasteiger partial charge in [-0.15, -0.1) is 0 Å². The van der Waals surface area contributed by atoms with Crippen LogP contribution in [0.5, 0.6) is 0 Å². The molecule has 0 saturated heterocycles. The number of halogens is 1. The summed E-state index contributed by atoms with van der Waals surface area (Å²) < 4.78 is 0. The van der Waals surface area contributed by atoms with Crippen LogP contribution >= 0.6 is 11.6 Å². The minimum Gasteiger partial charge on any atom is -0.265 e. The number of hydrogen-bond acceptors (Lipinski definition) is 2. The standard InChI is InChI=1S/C17H21ClN2/c1-13(2)11-17(7-3-4-8-17)16(18)15(12-19)14-5-9-20-10-6-14/h5-6,9-10,13H,3-4,7-8,11H2,1-2H3/b16-15+. The Labute approximate surface area is 126 Å². The monoisotopic (exact) mass is 288 g/mol. The van der Waals surface area contributed by atoms with Gasteiger partial charge in [0.1, 0.15) is 6.07 Å². The van der Waals surface area contributed by atoms with Crippen LogP contribution < -0.4 is 0 Å². The lowest BCUT2D eigenvalue weighted by Crippen LogP contribution is -2.20. The molecule has 0 aromatic carbocycles. The average molecular weight is 289 g/mol. The lowest BCUT2D eigenvalue weighted by atomic mass is 9.76. The number of allylic oxidation sites excluding steroid dienone is 2. The molecule has 3 heteroatoms. The van der Waals surface area contributed by atoms with Crippen molar-refractivity contribution in [3.8, 4) is 6.07 Å². The van der Waals surface area contributed by atoms with E-state index < -0.39 is 0 Å². The van der Waals surface area contributed by atoms with Gasteiger partial charge in [-0.05, 0) is 42.9 Å². The molecule has 1 fully saturated rings. The molecule has 0 amide bonds. The van der Waals surface area contributed by atoms with Crippen LogP contribution in [0.2, 0.25) is 0 Å². The highest BCUT2D eigenvalue weighted by molar-refractivity contribution is 6.34. The summed E-state index contributed by atoms with van der Waals surface area (Å²) >= 11 is 6.73. The van der Waals surface area contributed by atoms with Crippen molar-refractivity contribution < 1.29 is 0 Å². The van der Waals surface area contributed by atoms with Gasteiger partial charge in [-0.1, -0.05) is 38.3 Å². The Bertz CT molecular complexity index is 520. The van der Waals surface area contributed by atoms with E-state index in [9.17, 15) is 5.26 Å². The van der Waals surface area contributed by atoms with Crippen LogP contribution in [0.3, 0.4) is 0 Å². The van der Waals surface area contributed by atoms with E-state index >= 15 is 0 Å². The van der Waals surface area contributed by atoms with E-state index in [0.717, 1.165) is 29.9 Å². The fourth-order valence-corrected chi connectivity index (χ4v) is 3.79. The molecule has 1 aromatic heterocycles. The third kappa shape index (κ3) is 3.04. The van der Waals surface area contributed by atoms with Gasteiger partial charge < -0.3 is 0 Å². The molecule has 0 atom stereocenters.